The Hall–Kier alpha value is -2.04. The van der Waals surface area contributed by atoms with Gasteiger partial charge in [0.05, 0.1) is 6.42 Å². The summed E-state index contributed by atoms with van der Waals surface area (Å²) in [4.78, 5) is 22.1. The first-order valence-corrected chi connectivity index (χ1v) is 5.83. The molecule has 0 unspecified atom stereocenters. The normalized spacial score (nSPS) is 10.2. The van der Waals surface area contributed by atoms with E-state index in [1.54, 1.807) is 24.3 Å². The third-order valence-electron chi connectivity index (χ3n) is 2.21. The molecule has 0 bridgehead atoms. The zero-order chi connectivity index (χ0) is 13.5. The fourth-order valence-corrected chi connectivity index (χ4v) is 1.41. The summed E-state index contributed by atoms with van der Waals surface area (Å²) in [6.07, 6.45) is -0.0524. The molecule has 0 saturated carbocycles. The van der Waals surface area contributed by atoms with Gasteiger partial charge < -0.3 is 15.7 Å². The number of urea groups is 1. The number of carbonyl (C=O) groups is 2. The van der Waals surface area contributed by atoms with Crippen LogP contribution in [0.4, 0.5) is 10.5 Å². The van der Waals surface area contributed by atoms with Crippen molar-refractivity contribution in [2.45, 2.75) is 20.3 Å². The molecular weight excluding hydrogens is 232 g/mol. The topological polar surface area (TPSA) is 78.4 Å². The molecule has 0 heterocycles. The lowest BCUT2D eigenvalue weighted by atomic mass is 10.1. The van der Waals surface area contributed by atoms with Crippen molar-refractivity contribution in [3.8, 4) is 0 Å². The maximum atomic E-state index is 11.5. The van der Waals surface area contributed by atoms with E-state index >= 15 is 0 Å². The molecule has 3 N–H and O–H groups in total. The van der Waals surface area contributed by atoms with Gasteiger partial charge in [-0.05, 0) is 23.6 Å². The first-order chi connectivity index (χ1) is 8.47. The molecule has 5 heteroatoms. The van der Waals surface area contributed by atoms with Crippen molar-refractivity contribution in [2.24, 2.45) is 5.92 Å². The van der Waals surface area contributed by atoms with Gasteiger partial charge in [-0.3, -0.25) is 4.79 Å². The van der Waals surface area contributed by atoms with E-state index in [1.165, 1.54) is 0 Å². The van der Waals surface area contributed by atoms with Crippen molar-refractivity contribution in [1.82, 2.24) is 5.32 Å². The number of carbonyl (C=O) groups excluding carboxylic acids is 1. The van der Waals surface area contributed by atoms with E-state index in [2.05, 4.69) is 10.6 Å². The van der Waals surface area contributed by atoms with Crippen molar-refractivity contribution in [3.05, 3.63) is 29.8 Å². The molecule has 2 amide bonds. The zero-order valence-electron chi connectivity index (χ0n) is 10.6. The number of rotatable bonds is 5. The Balaban J connectivity index is 2.56. The highest BCUT2D eigenvalue weighted by molar-refractivity contribution is 5.89. The van der Waals surface area contributed by atoms with Gasteiger partial charge in [0.2, 0.25) is 0 Å². The molecule has 0 aliphatic rings. The summed E-state index contributed by atoms with van der Waals surface area (Å²) in [7, 11) is 0. The van der Waals surface area contributed by atoms with Gasteiger partial charge in [-0.15, -0.1) is 0 Å². The number of aliphatic carboxylic acids is 1. The molecule has 1 aromatic rings. The zero-order valence-corrected chi connectivity index (χ0v) is 10.6. The first-order valence-electron chi connectivity index (χ1n) is 5.83. The van der Waals surface area contributed by atoms with Crippen LogP contribution in [0.15, 0.2) is 24.3 Å². The Morgan fingerprint density at radius 3 is 2.67 bits per heavy atom. The van der Waals surface area contributed by atoms with Gasteiger partial charge in [0.25, 0.3) is 0 Å². The number of benzene rings is 1. The van der Waals surface area contributed by atoms with E-state index in [-0.39, 0.29) is 12.5 Å². The average molecular weight is 250 g/mol. The van der Waals surface area contributed by atoms with Crippen molar-refractivity contribution in [3.63, 3.8) is 0 Å². The second-order valence-electron chi connectivity index (χ2n) is 4.50. The monoisotopic (exact) mass is 250 g/mol. The van der Waals surface area contributed by atoms with Crippen LogP contribution in [0.3, 0.4) is 0 Å². The van der Waals surface area contributed by atoms with Crippen LogP contribution in [-0.2, 0) is 11.2 Å². The van der Waals surface area contributed by atoms with Crippen LogP contribution < -0.4 is 10.6 Å². The van der Waals surface area contributed by atoms with Crippen LogP contribution in [0.1, 0.15) is 19.4 Å². The van der Waals surface area contributed by atoms with Gasteiger partial charge in [-0.25, -0.2) is 4.79 Å². The number of hydrogen-bond acceptors (Lipinski definition) is 2. The first kappa shape index (κ1) is 14.0. The number of carboxylic acid groups (broad SMARTS) is 1. The molecule has 0 radical (unpaired) electrons. The van der Waals surface area contributed by atoms with Crippen molar-refractivity contribution in [2.75, 3.05) is 11.9 Å². The lowest BCUT2D eigenvalue weighted by Gasteiger charge is -2.10. The molecule has 0 atom stereocenters. The smallest absolute Gasteiger partial charge is 0.319 e. The molecular formula is C13H18N2O3. The fourth-order valence-electron chi connectivity index (χ4n) is 1.41. The van der Waals surface area contributed by atoms with Crippen LogP contribution in [0.25, 0.3) is 0 Å². The Kier molecular flexibility index (Phi) is 5.17. The van der Waals surface area contributed by atoms with Crippen LogP contribution >= 0.6 is 0 Å². The lowest BCUT2D eigenvalue weighted by molar-refractivity contribution is -0.136. The molecule has 0 saturated heterocycles. The molecule has 1 rings (SSSR count). The third kappa shape index (κ3) is 5.34. The summed E-state index contributed by atoms with van der Waals surface area (Å²) >= 11 is 0. The van der Waals surface area contributed by atoms with Crippen molar-refractivity contribution >= 4 is 17.7 Å². The SMILES string of the molecule is CC(C)CNC(=O)Nc1cccc(CC(=O)O)c1. The summed E-state index contributed by atoms with van der Waals surface area (Å²) in [6, 6.07) is 6.53. The van der Waals surface area contributed by atoms with Gasteiger partial charge in [0, 0.05) is 12.2 Å². The summed E-state index contributed by atoms with van der Waals surface area (Å²) in [5.41, 5.74) is 1.25. The highest BCUT2D eigenvalue weighted by Crippen LogP contribution is 2.11. The van der Waals surface area contributed by atoms with E-state index in [0.29, 0.717) is 23.7 Å². The van der Waals surface area contributed by atoms with Crippen LogP contribution in [0.5, 0.6) is 0 Å². The fraction of sp³-hybridized carbons (Fsp3) is 0.385. The Bertz CT molecular complexity index is 430. The predicted octanol–water partition coefficient (Wildman–Crippen LogP) is 2.09. The van der Waals surface area contributed by atoms with Crippen molar-refractivity contribution < 1.29 is 14.7 Å². The number of hydrogen-bond donors (Lipinski definition) is 3. The second-order valence-corrected chi connectivity index (χ2v) is 4.50. The highest BCUT2D eigenvalue weighted by Gasteiger charge is 2.04. The lowest BCUT2D eigenvalue weighted by Crippen LogP contribution is -2.31. The van der Waals surface area contributed by atoms with Gasteiger partial charge in [0.15, 0.2) is 0 Å². The Morgan fingerprint density at radius 1 is 1.33 bits per heavy atom. The molecule has 0 aliphatic carbocycles. The van der Waals surface area contributed by atoms with Gasteiger partial charge in [-0.2, -0.15) is 0 Å². The maximum Gasteiger partial charge on any atom is 0.319 e. The van der Waals surface area contributed by atoms with E-state index in [9.17, 15) is 9.59 Å². The standard InChI is InChI=1S/C13H18N2O3/c1-9(2)8-14-13(18)15-11-5-3-4-10(6-11)7-12(16)17/h3-6,9H,7-8H2,1-2H3,(H,16,17)(H2,14,15,18). The highest BCUT2D eigenvalue weighted by atomic mass is 16.4. The largest absolute Gasteiger partial charge is 0.481 e. The van der Waals surface area contributed by atoms with Gasteiger partial charge >= 0.3 is 12.0 Å². The Morgan fingerprint density at radius 2 is 2.06 bits per heavy atom. The van der Waals surface area contributed by atoms with Crippen LogP contribution in [0, 0.1) is 5.92 Å². The van der Waals surface area contributed by atoms with Crippen LogP contribution in [-0.4, -0.2) is 23.7 Å². The number of nitrogens with one attached hydrogen (secondary N) is 2. The third-order valence-corrected chi connectivity index (χ3v) is 2.21. The summed E-state index contributed by atoms with van der Waals surface area (Å²) in [6.45, 7) is 4.61. The average Bonchev–Trinajstić information content (AvgIpc) is 2.26. The minimum absolute atomic E-state index is 0.0524. The molecule has 1 aromatic carbocycles. The van der Waals surface area contributed by atoms with E-state index < -0.39 is 5.97 Å². The van der Waals surface area contributed by atoms with E-state index in [4.69, 9.17) is 5.11 Å². The molecule has 0 fully saturated rings. The minimum atomic E-state index is -0.892. The van der Waals surface area contributed by atoms with Gasteiger partial charge in [0.1, 0.15) is 0 Å². The molecule has 18 heavy (non-hydrogen) atoms. The summed E-state index contributed by atoms with van der Waals surface area (Å²) < 4.78 is 0. The minimum Gasteiger partial charge on any atom is -0.481 e. The molecule has 0 aliphatic heterocycles. The summed E-state index contributed by atoms with van der Waals surface area (Å²) in [5.74, 6) is -0.509. The molecule has 0 spiro atoms. The van der Waals surface area contributed by atoms with Gasteiger partial charge in [-0.1, -0.05) is 26.0 Å². The van der Waals surface area contributed by atoms with E-state index in [0.717, 1.165) is 0 Å². The summed E-state index contributed by atoms with van der Waals surface area (Å²) in [5, 5.41) is 14.1. The van der Waals surface area contributed by atoms with E-state index in [1.807, 2.05) is 13.8 Å². The molecule has 0 aromatic heterocycles. The number of carboxylic acids is 1. The molecule has 98 valence electrons. The predicted molar refractivity (Wildman–Crippen MR) is 69.6 cm³/mol. The molecule has 5 nitrogen and oxygen atoms in total. The Labute approximate surface area is 106 Å². The van der Waals surface area contributed by atoms with Crippen LogP contribution in [0.2, 0.25) is 0 Å². The van der Waals surface area contributed by atoms with Crippen molar-refractivity contribution in [1.29, 1.82) is 0 Å². The maximum absolute atomic E-state index is 11.5. The number of amides is 2. The quantitative estimate of drug-likeness (QED) is 0.748. The second kappa shape index (κ2) is 6.64. The number of anilines is 1.